The highest BCUT2D eigenvalue weighted by molar-refractivity contribution is 6.25. The Kier molecular flexibility index (Phi) is 9.28. The van der Waals surface area contributed by atoms with Gasteiger partial charge in [-0.25, -0.2) is 0 Å². The number of benzene rings is 12. The summed E-state index contributed by atoms with van der Waals surface area (Å²) in [5, 5.41) is 9.93. The Hall–Kier alpha value is -8.32. The monoisotopic (exact) mass is 810 g/mol. The van der Waals surface area contributed by atoms with Crippen molar-refractivity contribution in [2.24, 2.45) is 0 Å². The maximum atomic E-state index is 2.47. The predicted octanol–water partition coefficient (Wildman–Crippen LogP) is 18.0. The van der Waals surface area contributed by atoms with Gasteiger partial charge in [0.2, 0.25) is 0 Å². The van der Waals surface area contributed by atoms with Crippen LogP contribution in [0.5, 0.6) is 0 Å². The smallest absolute Gasteiger partial charge is 0.00199 e. The molecule has 0 radical (unpaired) electrons. The van der Waals surface area contributed by atoms with Crippen LogP contribution >= 0.6 is 0 Å². The summed E-state index contributed by atoms with van der Waals surface area (Å²) in [5.74, 6) is 0. The molecular formula is C64H42. The van der Waals surface area contributed by atoms with Gasteiger partial charge in [-0.05, 0) is 133 Å². The van der Waals surface area contributed by atoms with Crippen LogP contribution in [0.3, 0.4) is 0 Å². The summed E-state index contributed by atoms with van der Waals surface area (Å²) in [5.41, 5.74) is 17.1. The lowest BCUT2D eigenvalue weighted by atomic mass is 9.81. The third kappa shape index (κ3) is 6.31. The van der Waals surface area contributed by atoms with E-state index < -0.39 is 0 Å². The molecule has 0 heterocycles. The van der Waals surface area contributed by atoms with E-state index in [1.54, 1.807) is 0 Å². The highest BCUT2D eigenvalue weighted by Gasteiger charge is 2.22. The number of rotatable bonds is 7. The van der Waals surface area contributed by atoms with E-state index in [0.29, 0.717) is 0 Å². The molecule has 0 fully saturated rings. The van der Waals surface area contributed by atoms with Gasteiger partial charge in [-0.2, -0.15) is 0 Å². The quantitative estimate of drug-likeness (QED) is 0.141. The zero-order chi connectivity index (χ0) is 42.4. The van der Waals surface area contributed by atoms with Crippen LogP contribution in [0.25, 0.3) is 121 Å². The summed E-state index contributed by atoms with van der Waals surface area (Å²) in [4.78, 5) is 0. The van der Waals surface area contributed by atoms with Crippen LogP contribution in [-0.2, 0) is 0 Å². The molecule has 0 bridgehead atoms. The fourth-order valence-electron chi connectivity index (χ4n) is 10.3. The van der Waals surface area contributed by atoms with E-state index in [2.05, 4.69) is 255 Å². The molecule has 0 amide bonds. The molecule has 64 heavy (non-hydrogen) atoms. The van der Waals surface area contributed by atoms with Gasteiger partial charge < -0.3 is 0 Å². The van der Waals surface area contributed by atoms with Crippen molar-refractivity contribution in [3.05, 3.63) is 255 Å². The van der Waals surface area contributed by atoms with Crippen LogP contribution in [0, 0.1) is 0 Å². The Morgan fingerprint density at radius 1 is 0.141 bits per heavy atom. The Morgan fingerprint density at radius 2 is 0.406 bits per heavy atom. The second kappa shape index (κ2) is 15.9. The van der Waals surface area contributed by atoms with Gasteiger partial charge in [0.05, 0.1) is 0 Å². The second-order valence-electron chi connectivity index (χ2n) is 16.7. The third-order valence-electron chi connectivity index (χ3n) is 13.1. The van der Waals surface area contributed by atoms with Crippen molar-refractivity contribution >= 4 is 43.1 Å². The molecule has 0 spiro atoms. The van der Waals surface area contributed by atoms with Gasteiger partial charge in [-0.3, -0.25) is 0 Å². The molecule has 12 aromatic rings. The number of fused-ring (bicyclic) bond motifs is 4. The van der Waals surface area contributed by atoms with Gasteiger partial charge >= 0.3 is 0 Å². The summed E-state index contributed by atoms with van der Waals surface area (Å²) in [6, 6.07) is 93.6. The lowest BCUT2D eigenvalue weighted by molar-refractivity contribution is 1.59. The van der Waals surface area contributed by atoms with Gasteiger partial charge in [0, 0.05) is 0 Å². The highest BCUT2D eigenvalue weighted by Crippen LogP contribution is 2.50. The Morgan fingerprint density at radius 3 is 0.828 bits per heavy atom. The van der Waals surface area contributed by atoms with E-state index in [9.17, 15) is 0 Å². The molecule has 12 aromatic carbocycles. The van der Waals surface area contributed by atoms with E-state index in [4.69, 9.17) is 0 Å². The molecule has 12 rings (SSSR count). The first-order valence-electron chi connectivity index (χ1n) is 22.2. The highest BCUT2D eigenvalue weighted by atomic mass is 14.3. The normalized spacial score (nSPS) is 11.4. The van der Waals surface area contributed by atoms with Crippen molar-refractivity contribution in [1.29, 1.82) is 0 Å². The second-order valence-corrected chi connectivity index (χ2v) is 16.7. The van der Waals surface area contributed by atoms with Crippen molar-refractivity contribution in [3.8, 4) is 77.9 Å². The van der Waals surface area contributed by atoms with Crippen LogP contribution in [0.4, 0.5) is 0 Å². The zero-order valence-corrected chi connectivity index (χ0v) is 35.2. The predicted molar refractivity (Wildman–Crippen MR) is 275 cm³/mol. The molecule has 0 nitrogen and oxygen atoms in total. The molecule has 0 saturated carbocycles. The third-order valence-corrected chi connectivity index (χ3v) is 13.1. The summed E-state index contributed by atoms with van der Waals surface area (Å²) >= 11 is 0. The number of hydrogen-bond acceptors (Lipinski definition) is 0. The van der Waals surface area contributed by atoms with Gasteiger partial charge in [0.1, 0.15) is 0 Å². The lowest BCUT2D eigenvalue weighted by Crippen LogP contribution is -1.95. The van der Waals surface area contributed by atoms with Gasteiger partial charge in [-0.15, -0.1) is 0 Å². The largest absolute Gasteiger partial charge is 0.0622 e. The van der Waals surface area contributed by atoms with E-state index in [1.807, 2.05) is 0 Å². The molecular weight excluding hydrogens is 769 g/mol. The maximum absolute atomic E-state index is 2.47. The van der Waals surface area contributed by atoms with E-state index >= 15 is 0 Å². The standard InChI is InChI=1S/C64H42/c1-5-21-43(22-6-1)49-29-13-15-31-51(49)63-55-35-19-20-36-56(55)64(52-32-16-14-30-50(52)44-23-7-2-8-24-44)60-42-48(38-40-58(60)63)47-37-39-57-59(41-47)62(46-27-11-4-12-28-46)54-34-18-17-33-53(54)61(57)45-25-9-3-10-26-45/h1-42H. The van der Waals surface area contributed by atoms with E-state index in [0.717, 1.165) is 0 Å². The molecule has 0 heteroatoms. The van der Waals surface area contributed by atoms with Crippen LogP contribution in [-0.4, -0.2) is 0 Å². The Bertz CT molecular complexity index is 3680. The summed E-state index contributed by atoms with van der Waals surface area (Å²) < 4.78 is 0. The molecule has 298 valence electrons. The molecule has 0 aliphatic carbocycles. The van der Waals surface area contributed by atoms with Crippen molar-refractivity contribution in [2.75, 3.05) is 0 Å². The molecule has 0 N–H and O–H groups in total. The Balaban J connectivity index is 1.19. The van der Waals surface area contributed by atoms with Crippen LogP contribution in [0.1, 0.15) is 0 Å². The van der Waals surface area contributed by atoms with Crippen molar-refractivity contribution < 1.29 is 0 Å². The minimum absolute atomic E-state index is 1.18. The van der Waals surface area contributed by atoms with E-state index in [1.165, 1.54) is 121 Å². The zero-order valence-electron chi connectivity index (χ0n) is 35.2. The SMILES string of the molecule is c1ccc(-c2ccccc2-c2c3ccccc3c(-c3ccccc3-c3ccccc3)c3cc(-c4ccc5c(-c6ccccc6)c6ccccc6c(-c6ccccc6)c5c4)ccc23)cc1. The molecule has 0 aliphatic rings. The molecule has 0 aromatic heterocycles. The van der Waals surface area contributed by atoms with Crippen LogP contribution < -0.4 is 0 Å². The average Bonchev–Trinajstić information content (AvgIpc) is 3.38. The fraction of sp³-hybridized carbons (Fsp3) is 0. The minimum Gasteiger partial charge on any atom is -0.0622 e. The van der Waals surface area contributed by atoms with Gasteiger partial charge in [-0.1, -0.05) is 243 Å². The average molecular weight is 811 g/mol. The minimum atomic E-state index is 1.18. The van der Waals surface area contributed by atoms with Crippen molar-refractivity contribution in [3.63, 3.8) is 0 Å². The first kappa shape index (κ1) is 37.4. The van der Waals surface area contributed by atoms with Crippen LogP contribution in [0.15, 0.2) is 255 Å². The molecule has 0 unspecified atom stereocenters. The summed E-state index contributed by atoms with van der Waals surface area (Å²) in [6.07, 6.45) is 0. The van der Waals surface area contributed by atoms with Gasteiger partial charge in [0.15, 0.2) is 0 Å². The van der Waals surface area contributed by atoms with Crippen LogP contribution in [0.2, 0.25) is 0 Å². The van der Waals surface area contributed by atoms with Crippen molar-refractivity contribution in [2.45, 2.75) is 0 Å². The maximum Gasteiger partial charge on any atom is -0.00199 e. The van der Waals surface area contributed by atoms with E-state index in [-0.39, 0.29) is 0 Å². The fourth-order valence-corrected chi connectivity index (χ4v) is 10.3. The Labute approximate surface area is 374 Å². The first-order valence-corrected chi connectivity index (χ1v) is 22.2. The summed E-state index contributed by atoms with van der Waals surface area (Å²) in [6.45, 7) is 0. The lowest BCUT2D eigenvalue weighted by Gasteiger charge is -2.22. The summed E-state index contributed by atoms with van der Waals surface area (Å²) in [7, 11) is 0. The molecule has 0 atom stereocenters. The van der Waals surface area contributed by atoms with Gasteiger partial charge in [0.25, 0.3) is 0 Å². The molecule has 0 aliphatic heterocycles. The van der Waals surface area contributed by atoms with Crippen molar-refractivity contribution in [1.82, 2.24) is 0 Å². The topological polar surface area (TPSA) is 0 Å². The first-order chi connectivity index (χ1) is 31.8. The molecule has 0 saturated heterocycles. The number of hydrogen-bond donors (Lipinski definition) is 0.